The van der Waals surface area contributed by atoms with Crippen LogP contribution >= 0.6 is 11.3 Å². The van der Waals surface area contributed by atoms with Crippen molar-refractivity contribution in [1.29, 1.82) is 0 Å². The topological polar surface area (TPSA) is 20.3 Å². The van der Waals surface area contributed by atoms with Crippen molar-refractivity contribution < 1.29 is 4.79 Å². The van der Waals surface area contributed by atoms with Crippen molar-refractivity contribution in [2.24, 2.45) is 5.92 Å². The molecule has 0 aliphatic heterocycles. The molecule has 0 aromatic carbocycles. The monoisotopic (exact) mass is 223 g/mol. The Hall–Kier alpha value is -0.830. The zero-order valence-electron chi connectivity index (χ0n) is 9.27. The van der Waals surface area contributed by atoms with E-state index < -0.39 is 0 Å². The van der Waals surface area contributed by atoms with Gasteiger partial charge >= 0.3 is 0 Å². The van der Waals surface area contributed by atoms with Crippen LogP contribution in [0.1, 0.15) is 31.6 Å². The minimum absolute atomic E-state index is 0.116. The Morgan fingerprint density at radius 2 is 2.33 bits per heavy atom. The highest BCUT2D eigenvalue weighted by atomic mass is 32.1. The Morgan fingerprint density at radius 3 is 2.80 bits per heavy atom. The van der Waals surface area contributed by atoms with Crippen LogP contribution in [0.15, 0.2) is 17.5 Å². The van der Waals surface area contributed by atoms with E-state index in [4.69, 9.17) is 0 Å². The van der Waals surface area contributed by atoms with Crippen molar-refractivity contribution in [2.45, 2.75) is 39.3 Å². The summed E-state index contributed by atoms with van der Waals surface area (Å²) in [5.41, 5.74) is 0. The van der Waals surface area contributed by atoms with E-state index in [0.29, 0.717) is 11.9 Å². The minimum Gasteiger partial charge on any atom is -0.334 e. The number of amides is 1. The lowest BCUT2D eigenvalue weighted by molar-refractivity contribution is -0.135. The SMILES string of the molecule is CC(C)C(=O)N(Cc1cccs1)C1CC1. The third-order valence-electron chi connectivity index (χ3n) is 2.67. The number of nitrogens with zero attached hydrogens (tertiary/aromatic N) is 1. The molecule has 0 N–H and O–H groups in total. The van der Waals surface area contributed by atoms with Crippen LogP contribution in [0.3, 0.4) is 0 Å². The van der Waals surface area contributed by atoms with Crippen molar-refractivity contribution in [3.63, 3.8) is 0 Å². The molecule has 1 aromatic rings. The van der Waals surface area contributed by atoms with Gasteiger partial charge in [0.25, 0.3) is 0 Å². The lowest BCUT2D eigenvalue weighted by atomic mass is 10.2. The highest BCUT2D eigenvalue weighted by Crippen LogP contribution is 2.30. The Kier molecular flexibility index (Phi) is 3.10. The molecule has 0 unspecified atom stereocenters. The van der Waals surface area contributed by atoms with Crippen LogP contribution in [0.25, 0.3) is 0 Å². The molecule has 1 aromatic heterocycles. The zero-order chi connectivity index (χ0) is 10.8. The fourth-order valence-corrected chi connectivity index (χ4v) is 2.38. The van der Waals surface area contributed by atoms with Crippen molar-refractivity contribution in [1.82, 2.24) is 4.90 Å². The lowest BCUT2D eigenvalue weighted by Crippen LogP contribution is -2.35. The number of hydrogen-bond acceptors (Lipinski definition) is 2. The van der Waals surface area contributed by atoms with Gasteiger partial charge < -0.3 is 4.90 Å². The Morgan fingerprint density at radius 1 is 1.60 bits per heavy atom. The molecule has 0 atom stereocenters. The molecule has 1 aliphatic rings. The highest BCUT2D eigenvalue weighted by molar-refractivity contribution is 7.09. The summed E-state index contributed by atoms with van der Waals surface area (Å²) in [6.07, 6.45) is 2.37. The van der Waals surface area contributed by atoms with Gasteiger partial charge in [-0.05, 0) is 24.3 Å². The normalized spacial score (nSPS) is 15.7. The van der Waals surface area contributed by atoms with E-state index in [1.165, 1.54) is 17.7 Å². The minimum atomic E-state index is 0.116. The maximum absolute atomic E-state index is 12.0. The predicted octanol–water partition coefficient (Wildman–Crippen LogP) is 2.90. The first-order valence-corrected chi connectivity index (χ1v) is 6.39. The summed E-state index contributed by atoms with van der Waals surface area (Å²) in [5.74, 6) is 0.413. The molecule has 2 rings (SSSR count). The molecule has 1 aliphatic carbocycles. The Labute approximate surface area is 94.9 Å². The van der Waals surface area contributed by atoms with Gasteiger partial charge in [0.2, 0.25) is 5.91 Å². The highest BCUT2D eigenvalue weighted by Gasteiger charge is 2.33. The quantitative estimate of drug-likeness (QED) is 0.768. The predicted molar refractivity (Wildman–Crippen MR) is 62.7 cm³/mol. The molecular formula is C12H17NOS. The summed E-state index contributed by atoms with van der Waals surface area (Å²) in [4.78, 5) is 15.3. The van der Waals surface area contributed by atoms with Gasteiger partial charge in [-0.3, -0.25) is 4.79 Å². The van der Waals surface area contributed by atoms with Gasteiger partial charge in [-0.1, -0.05) is 19.9 Å². The second-order valence-electron chi connectivity index (χ2n) is 4.43. The summed E-state index contributed by atoms with van der Waals surface area (Å²) in [6, 6.07) is 4.67. The van der Waals surface area contributed by atoms with Crippen LogP contribution < -0.4 is 0 Å². The molecule has 1 amide bonds. The van der Waals surface area contributed by atoms with Gasteiger partial charge in [-0.25, -0.2) is 0 Å². The van der Waals surface area contributed by atoms with Crippen molar-refractivity contribution in [3.8, 4) is 0 Å². The average Bonchev–Trinajstić information content (AvgIpc) is 2.92. The maximum atomic E-state index is 12.0. The van der Waals surface area contributed by atoms with Crippen molar-refractivity contribution in [3.05, 3.63) is 22.4 Å². The number of thiophene rings is 1. The zero-order valence-corrected chi connectivity index (χ0v) is 10.1. The summed E-state index contributed by atoms with van der Waals surface area (Å²) in [5, 5.41) is 2.07. The molecule has 0 saturated heterocycles. The van der Waals surface area contributed by atoms with Crippen molar-refractivity contribution in [2.75, 3.05) is 0 Å². The number of hydrogen-bond donors (Lipinski definition) is 0. The van der Waals surface area contributed by atoms with E-state index in [0.717, 1.165) is 6.54 Å². The molecule has 82 valence electrons. The van der Waals surface area contributed by atoms with Crippen LogP contribution in [0, 0.1) is 5.92 Å². The number of rotatable bonds is 4. The summed E-state index contributed by atoms with van der Waals surface area (Å²) in [6.45, 7) is 4.76. The molecule has 15 heavy (non-hydrogen) atoms. The van der Waals surface area contributed by atoms with Crippen LogP contribution in [0.2, 0.25) is 0 Å². The van der Waals surface area contributed by atoms with Crippen LogP contribution in [0.4, 0.5) is 0 Å². The van der Waals surface area contributed by atoms with Gasteiger partial charge in [0, 0.05) is 16.8 Å². The van der Waals surface area contributed by atoms with E-state index in [2.05, 4.69) is 16.3 Å². The van der Waals surface area contributed by atoms with E-state index in [-0.39, 0.29) is 5.92 Å². The van der Waals surface area contributed by atoms with Crippen LogP contribution in [-0.2, 0) is 11.3 Å². The second-order valence-corrected chi connectivity index (χ2v) is 5.46. The van der Waals surface area contributed by atoms with Gasteiger partial charge in [0.15, 0.2) is 0 Å². The smallest absolute Gasteiger partial charge is 0.225 e. The molecule has 2 nitrogen and oxygen atoms in total. The first-order chi connectivity index (χ1) is 7.18. The van der Waals surface area contributed by atoms with Crippen LogP contribution in [-0.4, -0.2) is 16.8 Å². The van der Waals surface area contributed by atoms with E-state index in [1.807, 2.05) is 19.9 Å². The van der Waals surface area contributed by atoms with Crippen molar-refractivity contribution >= 4 is 17.2 Å². The summed E-state index contributed by atoms with van der Waals surface area (Å²) < 4.78 is 0. The van der Waals surface area contributed by atoms with Gasteiger partial charge in [0.1, 0.15) is 0 Å². The molecule has 0 spiro atoms. The fraction of sp³-hybridized carbons (Fsp3) is 0.583. The first-order valence-electron chi connectivity index (χ1n) is 5.51. The molecule has 1 heterocycles. The molecule has 1 fully saturated rings. The average molecular weight is 223 g/mol. The third-order valence-corrected chi connectivity index (χ3v) is 3.53. The van der Waals surface area contributed by atoms with E-state index in [1.54, 1.807) is 11.3 Å². The van der Waals surface area contributed by atoms with Gasteiger partial charge in [0.05, 0.1) is 6.54 Å². The summed E-state index contributed by atoms with van der Waals surface area (Å²) >= 11 is 1.73. The Balaban J connectivity index is 2.03. The molecular weight excluding hydrogens is 206 g/mol. The first kappa shape index (κ1) is 10.7. The number of carbonyl (C=O) groups excluding carboxylic acids is 1. The van der Waals surface area contributed by atoms with Crippen LogP contribution in [0.5, 0.6) is 0 Å². The van der Waals surface area contributed by atoms with Gasteiger partial charge in [-0.2, -0.15) is 0 Å². The Bertz CT molecular complexity index is 327. The van der Waals surface area contributed by atoms with E-state index >= 15 is 0 Å². The number of carbonyl (C=O) groups is 1. The molecule has 0 bridgehead atoms. The van der Waals surface area contributed by atoms with Gasteiger partial charge in [-0.15, -0.1) is 11.3 Å². The lowest BCUT2D eigenvalue weighted by Gasteiger charge is -2.23. The molecule has 1 saturated carbocycles. The summed E-state index contributed by atoms with van der Waals surface area (Å²) in [7, 11) is 0. The maximum Gasteiger partial charge on any atom is 0.225 e. The largest absolute Gasteiger partial charge is 0.334 e. The second kappa shape index (κ2) is 4.35. The molecule has 0 radical (unpaired) electrons. The standard InChI is InChI=1S/C12H17NOS/c1-9(2)12(14)13(10-5-6-10)8-11-4-3-7-15-11/h3-4,7,9-10H,5-6,8H2,1-2H3. The third kappa shape index (κ3) is 2.59. The fourth-order valence-electron chi connectivity index (χ4n) is 1.68. The molecule has 3 heteroatoms. The van der Waals surface area contributed by atoms with E-state index in [9.17, 15) is 4.79 Å².